The Morgan fingerprint density at radius 2 is 1.88 bits per heavy atom. The number of anilines is 1. The van der Waals surface area contributed by atoms with Gasteiger partial charge in [-0.15, -0.1) is 0 Å². The topological polar surface area (TPSA) is 55.1 Å². The average Bonchev–Trinajstić information content (AvgIpc) is 3.05. The number of carbonyl (C=O) groups is 1. The molecule has 1 amide bonds. The molecule has 26 heavy (non-hydrogen) atoms. The SMILES string of the molecule is Cc1ccc2nc(-c3cccc(NC(=O)c4ccccc4Br)c3)oc2c1. The Morgan fingerprint density at radius 1 is 1.04 bits per heavy atom. The highest BCUT2D eigenvalue weighted by atomic mass is 79.9. The van der Waals surface area contributed by atoms with Crippen molar-refractivity contribution in [2.75, 3.05) is 5.32 Å². The summed E-state index contributed by atoms with van der Waals surface area (Å²) < 4.78 is 6.62. The summed E-state index contributed by atoms with van der Waals surface area (Å²) in [4.78, 5) is 17.0. The summed E-state index contributed by atoms with van der Waals surface area (Å²) >= 11 is 3.40. The van der Waals surface area contributed by atoms with E-state index in [1.165, 1.54) is 0 Å². The van der Waals surface area contributed by atoms with Crippen LogP contribution in [-0.2, 0) is 0 Å². The van der Waals surface area contributed by atoms with Crippen LogP contribution in [0.1, 0.15) is 15.9 Å². The van der Waals surface area contributed by atoms with E-state index < -0.39 is 0 Å². The minimum Gasteiger partial charge on any atom is -0.436 e. The van der Waals surface area contributed by atoms with E-state index in [2.05, 4.69) is 26.2 Å². The van der Waals surface area contributed by atoms with Gasteiger partial charge in [0.25, 0.3) is 5.91 Å². The van der Waals surface area contributed by atoms with Crippen molar-refractivity contribution in [2.24, 2.45) is 0 Å². The number of carbonyl (C=O) groups excluding carboxylic acids is 1. The quantitative estimate of drug-likeness (QED) is 0.466. The van der Waals surface area contributed by atoms with Crippen molar-refractivity contribution >= 4 is 38.6 Å². The van der Waals surface area contributed by atoms with Crippen LogP contribution in [0.4, 0.5) is 5.69 Å². The second-order valence-electron chi connectivity index (χ2n) is 6.00. The molecule has 4 nitrogen and oxygen atoms in total. The van der Waals surface area contributed by atoms with Gasteiger partial charge >= 0.3 is 0 Å². The molecule has 1 aromatic heterocycles. The fourth-order valence-corrected chi connectivity index (χ4v) is 3.19. The fourth-order valence-electron chi connectivity index (χ4n) is 2.73. The van der Waals surface area contributed by atoms with Crippen LogP contribution in [0, 0.1) is 6.92 Å². The normalized spacial score (nSPS) is 10.8. The summed E-state index contributed by atoms with van der Waals surface area (Å²) in [5.74, 6) is 0.352. The Bertz CT molecular complexity index is 1120. The van der Waals surface area contributed by atoms with Gasteiger partial charge in [0.05, 0.1) is 5.56 Å². The molecule has 128 valence electrons. The van der Waals surface area contributed by atoms with Gasteiger partial charge in [-0.25, -0.2) is 4.98 Å². The summed E-state index contributed by atoms with van der Waals surface area (Å²) in [5.41, 5.74) is 4.76. The zero-order valence-corrected chi connectivity index (χ0v) is 15.6. The summed E-state index contributed by atoms with van der Waals surface area (Å²) in [6.07, 6.45) is 0. The van der Waals surface area contributed by atoms with Crippen molar-refractivity contribution in [3.63, 3.8) is 0 Å². The number of hydrogen-bond acceptors (Lipinski definition) is 3. The molecule has 1 heterocycles. The molecule has 0 fully saturated rings. The Kier molecular flexibility index (Phi) is 4.31. The van der Waals surface area contributed by atoms with Crippen molar-refractivity contribution in [3.8, 4) is 11.5 Å². The van der Waals surface area contributed by atoms with Crippen LogP contribution >= 0.6 is 15.9 Å². The number of rotatable bonds is 3. The molecule has 4 rings (SSSR count). The summed E-state index contributed by atoms with van der Waals surface area (Å²) in [5, 5.41) is 2.91. The van der Waals surface area contributed by atoms with Crippen LogP contribution in [0.5, 0.6) is 0 Å². The van der Waals surface area contributed by atoms with E-state index in [4.69, 9.17) is 4.42 Å². The maximum Gasteiger partial charge on any atom is 0.256 e. The van der Waals surface area contributed by atoms with E-state index in [1.807, 2.05) is 67.6 Å². The monoisotopic (exact) mass is 406 g/mol. The predicted molar refractivity (Wildman–Crippen MR) is 106 cm³/mol. The lowest BCUT2D eigenvalue weighted by Crippen LogP contribution is -2.12. The van der Waals surface area contributed by atoms with Crippen LogP contribution in [0.15, 0.2) is 75.6 Å². The van der Waals surface area contributed by atoms with Crippen LogP contribution in [0.3, 0.4) is 0 Å². The first-order chi connectivity index (χ1) is 12.6. The van der Waals surface area contributed by atoms with Gasteiger partial charge in [-0.1, -0.05) is 24.3 Å². The number of benzene rings is 3. The molecule has 0 atom stereocenters. The highest BCUT2D eigenvalue weighted by Crippen LogP contribution is 2.27. The van der Waals surface area contributed by atoms with Crippen molar-refractivity contribution in [3.05, 3.63) is 82.3 Å². The van der Waals surface area contributed by atoms with Gasteiger partial charge in [0, 0.05) is 15.7 Å². The van der Waals surface area contributed by atoms with E-state index in [1.54, 1.807) is 6.07 Å². The van der Waals surface area contributed by atoms with Crippen molar-refractivity contribution in [1.29, 1.82) is 0 Å². The van der Waals surface area contributed by atoms with Gasteiger partial charge in [0.2, 0.25) is 5.89 Å². The van der Waals surface area contributed by atoms with Gasteiger partial charge in [-0.3, -0.25) is 4.79 Å². The second kappa shape index (κ2) is 6.77. The van der Waals surface area contributed by atoms with Crippen molar-refractivity contribution < 1.29 is 9.21 Å². The van der Waals surface area contributed by atoms with Crippen molar-refractivity contribution in [1.82, 2.24) is 4.98 Å². The first-order valence-corrected chi connectivity index (χ1v) is 8.93. The zero-order valence-electron chi connectivity index (χ0n) is 14.0. The molecule has 0 aliphatic rings. The average molecular weight is 407 g/mol. The first kappa shape index (κ1) is 16.5. The molecule has 0 spiro atoms. The molecule has 0 unspecified atom stereocenters. The van der Waals surface area contributed by atoms with Crippen LogP contribution < -0.4 is 5.32 Å². The number of nitrogens with one attached hydrogen (secondary N) is 1. The number of aromatic nitrogens is 1. The van der Waals surface area contributed by atoms with Crippen LogP contribution in [-0.4, -0.2) is 10.9 Å². The number of amides is 1. The molecule has 0 saturated carbocycles. The van der Waals surface area contributed by atoms with E-state index in [-0.39, 0.29) is 5.91 Å². The highest BCUT2D eigenvalue weighted by molar-refractivity contribution is 9.10. The third-order valence-electron chi connectivity index (χ3n) is 4.03. The summed E-state index contributed by atoms with van der Waals surface area (Å²) in [7, 11) is 0. The third kappa shape index (κ3) is 3.26. The Balaban J connectivity index is 1.64. The third-order valence-corrected chi connectivity index (χ3v) is 4.72. The maximum atomic E-state index is 12.5. The standard InChI is InChI=1S/C21H15BrN2O2/c1-13-9-10-18-19(11-13)26-21(24-18)14-5-4-6-15(12-14)23-20(25)16-7-2-3-8-17(16)22/h2-12H,1H3,(H,23,25). The van der Waals surface area contributed by atoms with Gasteiger partial charge in [0.15, 0.2) is 5.58 Å². The lowest BCUT2D eigenvalue weighted by molar-refractivity contribution is 0.102. The lowest BCUT2D eigenvalue weighted by atomic mass is 10.1. The number of nitrogens with zero attached hydrogens (tertiary/aromatic N) is 1. The molecule has 0 saturated heterocycles. The van der Waals surface area contributed by atoms with E-state index in [9.17, 15) is 4.79 Å². The second-order valence-corrected chi connectivity index (χ2v) is 6.86. The number of halogens is 1. The molecule has 0 aliphatic carbocycles. The van der Waals surface area contributed by atoms with Gasteiger partial charge < -0.3 is 9.73 Å². The predicted octanol–water partition coefficient (Wildman–Crippen LogP) is 5.82. The minimum absolute atomic E-state index is 0.178. The molecule has 1 N–H and O–H groups in total. The molecule has 0 bridgehead atoms. The highest BCUT2D eigenvalue weighted by Gasteiger charge is 2.12. The number of aryl methyl sites for hydroxylation is 1. The Hall–Kier alpha value is -2.92. The molecular weight excluding hydrogens is 392 g/mol. The summed E-state index contributed by atoms with van der Waals surface area (Å²) in [6, 6.07) is 20.7. The molecular formula is C21H15BrN2O2. The maximum absolute atomic E-state index is 12.5. The van der Waals surface area contributed by atoms with Crippen molar-refractivity contribution in [2.45, 2.75) is 6.92 Å². The number of fused-ring (bicyclic) bond motifs is 1. The Labute approximate surface area is 159 Å². The molecule has 4 aromatic rings. The first-order valence-electron chi connectivity index (χ1n) is 8.14. The lowest BCUT2D eigenvalue weighted by Gasteiger charge is -2.07. The molecule has 0 radical (unpaired) electrons. The van der Waals surface area contributed by atoms with E-state index in [0.29, 0.717) is 17.1 Å². The van der Waals surface area contributed by atoms with Crippen LogP contribution in [0.2, 0.25) is 0 Å². The van der Waals surface area contributed by atoms with E-state index >= 15 is 0 Å². The number of oxazole rings is 1. The smallest absolute Gasteiger partial charge is 0.256 e. The summed E-state index contributed by atoms with van der Waals surface area (Å²) in [6.45, 7) is 2.01. The fraction of sp³-hybridized carbons (Fsp3) is 0.0476. The zero-order chi connectivity index (χ0) is 18.1. The van der Waals surface area contributed by atoms with Gasteiger partial charge in [-0.05, 0) is 70.9 Å². The molecule has 5 heteroatoms. The molecule has 0 aliphatic heterocycles. The Morgan fingerprint density at radius 3 is 2.73 bits per heavy atom. The van der Waals surface area contributed by atoms with E-state index in [0.717, 1.165) is 26.7 Å². The van der Waals surface area contributed by atoms with Crippen LogP contribution in [0.25, 0.3) is 22.6 Å². The number of hydrogen-bond donors (Lipinski definition) is 1. The van der Waals surface area contributed by atoms with Gasteiger partial charge in [-0.2, -0.15) is 0 Å². The molecule has 3 aromatic carbocycles. The van der Waals surface area contributed by atoms with Gasteiger partial charge in [0.1, 0.15) is 5.52 Å². The minimum atomic E-state index is -0.178. The largest absolute Gasteiger partial charge is 0.436 e.